The van der Waals surface area contributed by atoms with Crippen LogP contribution in [0.2, 0.25) is 0 Å². The number of nitrogens with one attached hydrogen (secondary N) is 1. The van der Waals surface area contributed by atoms with Crippen LogP contribution in [0, 0.1) is 5.92 Å². The number of hydrogen-bond donors (Lipinski definition) is 1. The molecule has 3 rings (SSSR count). The van der Waals surface area contributed by atoms with Crippen molar-refractivity contribution in [2.24, 2.45) is 5.92 Å². The molecule has 1 saturated heterocycles. The minimum absolute atomic E-state index is 0.552. The Balaban J connectivity index is 1.51. The van der Waals surface area contributed by atoms with E-state index in [0.717, 1.165) is 12.0 Å². The Bertz CT molecular complexity index is 292. The molecular formula is C18H34N2. The first-order chi connectivity index (χ1) is 9.84. The fourth-order valence-corrected chi connectivity index (χ4v) is 4.50. The summed E-state index contributed by atoms with van der Waals surface area (Å²) in [5.41, 5.74) is 0.552. The third-order valence-electron chi connectivity index (χ3n) is 6.04. The van der Waals surface area contributed by atoms with Crippen molar-refractivity contribution in [3.63, 3.8) is 0 Å². The largest absolute Gasteiger partial charge is 0.311 e. The molecule has 20 heavy (non-hydrogen) atoms. The van der Waals surface area contributed by atoms with Gasteiger partial charge in [0.1, 0.15) is 0 Å². The van der Waals surface area contributed by atoms with E-state index in [-0.39, 0.29) is 0 Å². The van der Waals surface area contributed by atoms with Crippen LogP contribution in [-0.4, -0.2) is 36.1 Å². The Labute approximate surface area is 125 Å². The van der Waals surface area contributed by atoms with Gasteiger partial charge >= 0.3 is 0 Å². The van der Waals surface area contributed by atoms with Crippen LogP contribution in [0.15, 0.2) is 0 Å². The predicted molar refractivity (Wildman–Crippen MR) is 86.0 cm³/mol. The van der Waals surface area contributed by atoms with E-state index in [9.17, 15) is 0 Å². The highest BCUT2D eigenvalue weighted by molar-refractivity contribution is 5.04. The van der Waals surface area contributed by atoms with Gasteiger partial charge in [-0.1, -0.05) is 45.4 Å². The molecule has 0 aromatic rings. The van der Waals surface area contributed by atoms with Gasteiger partial charge in [0.2, 0.25) is 0 Å². The molecule has 3 fully saturated rings. The Morgan fingerprint density at radius 2 is 1.80 bits per heavy atom. The van der Waals surface area contributed by atoms with Crippen molar-refractivity contribution in [2.45, 2.75) is 89.1 Å². The van der Waals surface area contributed by atoms with Gasteiger partial charge in [0.15, 0.2) is 0 Å². The monoisotopic (exact) mass is 278 g/mol. The molecule has 2 heteroatoms. The summed E-state index contributed by atoms with van der Waals surface area (Å²) in [6.45, 7) is 6.31. The molecule has 1 aliphatic heterocycles. The van der Waals surface area contributed by atoms with Gasteiger partial charge in [-0.2, -0.15) is 0 Å². The lowest BCUT2D eigenvalue weighted by Gasteiger charge is -2.48. The molecule has 0 aromatic heterocycles. The molecule has 2 nitrogen and oxygen atoms in total. The van der Waals surface area contributed by atoms with Crippen molar-refractivity contribution in [1.29, 1.82) is 0 Å². The zero-order valence-corrected chi connectivity index (χ0v) is 13.5. The Hall–Kier alpha value is -0.0800. The Morgan fingerprint density at radius 1 is 1.05 bits per heavy atom. The van der Waals surface area contributed by atoms with Gasteiger partial charge in [0.25, 0.3) is 0 Å². The van der Waals surface area contributed by atoms with E-state index in [0.29, 0.717) is 5.54 Å². The molecule has 0 amide bonds. The number of nitrogens with zero attached hydrogens (tertiary/aromatic N) is 1. The highest BCUT2D eigenvalue weighted by Crippen LogP contribution is 2.41. The first-order valence-corrected chi connectivity index (χ1v) is 9.32. The van der Waals surface area contributed by atoms with E-state index < -0.39 is 0 Å². The molecule has 1 unspecified atom stereocenters. The van der Waals surface area contributed by atoms with Gasteiger partial charge in [-0.3, -0.25) is 4.90 Å². The minimum Gasteiger partial charge on any atom is -0.311 e. The van der Waals surface area contributed by atoms with E-state index in [1.165, 1.54) is 90.3 Å². The first kappa shape index (κ1) is 14.8. The fourth-order valence-electron chi connectivity index (χ4n) is 4.50. The van der Waals surface area contributed by atoms with Gasteiger partial charge < -0.3 is 5.32 Å². The first-order valence-electron chi connectivity index (χ1n) is 9.32. The molecule has 0 aromatic carbocycles. The SMILES string of the molecule is CCCCCCCN1CC(C2CC2)NCC12CCCC2. The van der Waals surface area contributed by atoms with Crippen molar-refractivity contribution in [3.05, 3.63) is 0 Å². The zero-order chi connectivity index (χ0) is 13.8. The smallest absolute Gasteiger partial charge is 0.0334 e. The summed E-state index contributed by atoms with van der Waals surface area (Å²) in [5, 5.41) is 3.91. The predicted octanol–water partition coefficient (Wildman–Crippen LogP) is 3.95. The summed E-state index contributed by atoms with van der Waals surface area (Å²) in [6.07, 6.45) is 15.9. The summed E-state index contributed by atoms with van der Waals surface area (Å²) in [5.74, 6) is 1.01. The zero-order valence-electron chi connectivity index (χ0n) is 13.5. The maximum absolute atomic E-state index is 3.91. The molecular weight excluding hydrogens is 244 g/mol. The van der Waals surface area contributed by atoms with Crippen LogP contribution in [0.3, 0.4) is 0 Å². The van der Waals surface area contributed by atoms with Gasteiger partial charge in [0, 0.05) is 24.7 Å². The van der Waals surface area contributed by atoms with Crippen molar-refractivity contribution in [2.75, 3.05) is 19.6 Å². The molecule has 1 spiro atoms. The quantitative estimate of drug-likeness (QED) is 0.709. The molecule has 2 aliphatic carbocycles. The van der Waals surface area contributed by atoms with Crippen LogP contribution in [0.25, 0.3) is 0 Å². The van der Waals surface area contributed by atoms with Crippen LogP contribution in [-0.2, 0) is 0 Å². The lowest BCUT2D eigenvalue weighted by atomic mass is 9.89. The molecule has 3 aliphatic rings. The second-order valence-corrected chi connectivity index (χ2v) is 7.62. The highest BCUT2D eigenvalue weighted by Gasteiger charge is 2.45. The minimum atomic E-state index is 0.552. The third-order valence-corrected chi connectivity index (χ3v) is 6.04. The topological polar surface area (TPSA) is 15.3 Å². The van der Waals surface area contributed by atoms with E-state index in [2.05, 4.69) is 17.1 Å². The van der Waals surface area contributed by atoms with Crippen LogP contribution in [0.4, 0.5) is 0 Å². The molecule has 0 radical (unpaired) electrons. The van der Waals surface area contributed by atoms with Gasteiger partial charge in [-0.25, -0.2) is 0 Å². The van der Waals surface area contributed by atoms with Gasteiger partial charge in [0.05, 0.1) is 0 Å². The van der Waals surface area contributed by atoms with Crippen molar-refractivity contribution in [3.8, 4) is 0 Å². The van der Waals surface area contributed by atoms with Crippen LogP contribution < -0.4 is 5.32 Å². The second-order valence-electron chi connectivity index (χ2n) is 7.62. The van der Waals surface area contributed by atoms with E-state index in [1.54, 1.807) is 0 Å². The summed E-state index contributed by atoms with van der Waals surface area (Å²) < 4.78 is 0. The maximum atomic E-state index is 3.91. The second kappa shape index (κ2) is 6.79. The lowest BCUT2D eigenvalue weighted by Crippen LogP contribution is -2.64. The van der Waals surface area contributed by atoms with Crippen molar-refractivity contribution in [1.82, 2.24) is 10.2 Å². The van der Waals surface area contributed by atoms with E-state index >= 15 is 0 Å². The highest BCUT2D eigenvalue weighted by atomic mass is 15.3. The van der Waals surface area contributed by atoms with Crippen LogP contribution >= 0.6 is 0 Å². The van der Waals surface area contributed by atoms with Crippen LogP contribution in [0.1, 0.15) is 77.6 Å². The standard InChI is InChI=1S/C18H34N2/c1-2-3-4-5-8-13-20-14-17(16-9-10-16)19-15-18(20)11-6-7-12-18/h16-17,19H,2-15H2,1H3. The molecule has 0 bridgehead atoms. The number of hydrogen-bond acceptors (Lipinski definition) is 2. The Morgan fingerprint density at radius 3 is 2.50 bits per heavy atom. The number of piperazine rings is 1. The molecule has 1 N–H and O–H groups in total. The van der Waals surface area contributed by atoms with Crippen molar-refractivity contribution >= 4 is 0 Å². The number of rotatable bonds is 7. The third kappa shape index (κ3) is 3.39. The molecule has 2 saturated carbocycles. The lowest BCUT2D eigenvalue weighted by molar-refractivity contribution is 0.0368. The molecule has 1 atom stereocenters. The number of unbranched alkanes of at least 4 members (excludes halogenated alkanes) is 4. The molecule has 116 valence electrons. The summed E-state index contributed by atoms with van der Waals surface area (Å²) >= 11 is 0. The Kier molecular flexibility index (Phi) is 5.04. The fraction of sp³-hybridized carbons (Fsp3) is 1.00. The van der Waals surface area contributed by atoms with Crippen molar-refractivity contribution < 1.29 is 0 Å². The van der Waals surface area contributed by atoms with E-state index in [1.807, 2.05) is 0 Å². The summed E-state index contributed by atoms with van der Waals surface area (Å²) in [4.78, 5) is 2.92. The van der Waals surface area contributed by atoms with Gasteiger partial charge in [-0.15, -0.1) is 0 Å². The summed E-state index contributed by atoms with van der Waals surface area (Å²) in [6, 6.07) is 0.817. The van der Waals surface area contributed by atoms with Crippen LogP contribution in [0.5, 0.6) is 0 Å². The average molecular weight is 278 g/mol. The summed E-state index contributed by atoms with van der Waals surface area (Å²) in [7, 11) is 0. The van der Waals surface area contributed by atoms with E-state index in [4.69, 9.17) is 0 Å². The molecule has 1 heterocycles. The average Bonchev–Trinajstić information content (AvgIpc) is 3.21. The maximum Gasteiger partial charge on any atom is 0.0334 e. The van der Waals surface area contributed by atoms with Gasteiger partial charge in [-0.05, 0) is 44.6 Å². The normalized spacial score (nSPS) is 30.1.